The van der Waals surface area contributed by atoms with Crippen molar-refractivity contribution in [1.29, 1.82) is 0 Å². The van der Waals surface area contributed by atoms with Crippen LogP contribution in [0.2, 0.25) is 5.02 Å². The quantitative estimate of drug-likeness (QED) is 0.573. The molecule has 2 aliphatic rings. The number of Topliss-reactive ketones (excluding diaryl/α,β-unsaturated/α-hetero) is 1. The van der Waals surface area contributed by atoms with Gasteiger partial charge in [-0.15, -0.1) is 0 Å². The van der Waals surface area contributed by atoms with Gasteiger partial charge >= 0.3 is 0 Å². The average Bonchev–Trinajstić information content (AvgIpc) is 3.33. The van der Waals surface area contributed by atoms with Crippen LogP contribution in [0.3, 0.4) is 0 Å². The molecule has 34 heavy (non-hydrogen) atoms. The van der Waals surface area contributed by atoms with Crippen LogP contribution in [-0.2, 0) is 22.5 Å². The number of ketones is 1. The van der Waals surface area contributed by atoms with Gasteiger partial charge in [-0.3, -0.25) is 19.5 Å². The summed E-state index contributed by atoms with van der Waals surface area (Å²) in [6, 6.07) is 4.64. The molecule has 8 heteroatoms. The zero-order valence-corrected chi connectivity index (χ0v) is 20.7. The van der Waals surface area contributed by atoms with Crippen LogP contribution >= 0.6 is 11.6 Å². The lowest BCUT2D eigenvalue weighted by Gasteiger charge is -2.41. The molecule has 2 aromatic rings. The summed E-state index contributed by atoms with van der Waals surface area (Å²) in [5.74, 6) is -0.425. The standard InChI is InChI=1S/C26H31ClFN3O3/c1-16-14-30(6-7-31(16)26(33)25-5-4-8-34-25)15-21-10-22(28)9-19(17(21)2)12-24(32)20-11-23(27)18(3)29-13-20/h9-11,13,16,25H,4-8,12,14-15H2,1-3H3/t16-,25-/m0/s1. The van der Waals surface area contributed by atoms with Gasteiger partial charge in [-0.05, 0) is 68.5 Å². The van der Waals surface area contributed by atoms with Gasteiger partial charge < -0.3 is 9.64 Å². The van der Waals surface area contributed by atoms with E-state index in [1.165, 1.54) is 12.3 Å². The SMILES string of the molecule is Cc1ncc(C(=O)Cc2cc(F)cc(CN3CCN(C(=O)[C@@H]4CCCO4)[C@@H](C)C3)c2C)cc1Cl. The Kier molecular flexibility index (Phi) is 7.65. The molecular formula is C26H31ClFN3O3. The molecule has 0 aliphatic carbocycles. The third kappa shape index (κ3) is 5.48. The number of aryl methyl sites for hydroxylation is 1. The highest BCUT2D eigenvalue weighted by Crippen LogP contribution is 2.24. The summed E-state index contributed by atoms with van der Waals surface area (Å²) in [4.78, 5) is 33.9. The lowest BCUT2D eigenvalue weighted by molar-refractivity contribution is -0.145. The van der Waals surface area contributed by atoms with E-state index in [1.54, 1.807) is 19.1 Å². The Morgan fingerprint density at radius 2 is 1.97 bits per heavy atom. The largest absolute Gasteiger partial charge is 0.368 e. The summed E-state index contributed by atoms with van der Waals surface area (Å²) in [6.45, 7) is 9.01. The van der Waals surface area contributed by atoms with Crippen LogP contribution in [0.5, 0.6) is 0 Å². The number of amides is 1. The van der Waals surface area contributed by atoms with Crippen molar-refractivity contribution >= 4 is 23.3 Å². The van der Waals surface area contributed by atoms with Crippen LogP contribution in [0.15, 0.2) is 24.4 Å². The number of carbonyl (C=O) groups excluding carboxylic acids is 2. The van der Waals surface area contributed by atoms with Crippen LogP contribution in [0.25, 0.3) is 0 Å². The number of hydrogen-bond donors (Lipinski definition) is 0. The molecule has 0 N–H and O–H groups in total. The lowest BCUT2D eigenvalue weighted by Crippen LogP contribution is -2.55. The Labute approximate surface area is 205 Å². The van der Waals surface area contributed by atoms with E-state index in [4.69, 9.17) is 16.3 Å². The van der Waals surface area contributed by atoms with E-state index in [1.807, 2.05) is 18.7 Å². The number of benzene rings is 1. The van der Waals surface area contributed by atoms with Crippen molar-refractivity contribution in [3.05, 3.63) is 63.2 Å². The summed E-state index contributed by atoms with van der Waals surface area (Å²) in [5, 5.41) is 0.439. The number of nitrogens with zero attached hydrogens (tertiary/aromatic N) is 3. The molecule has 2 saturated heterocycles. The first-order valence-electron chi connectivity index (χ1n) is 11.8. The van der Waals surface area contributed by atoms with Crippen molar-refractivity contribution in [3.8, 4) is 0 Å². The highest BCUT2D eigenvalue weighted by atomic mass is 35.5. The lowest BCUT2D eigenvalue weighted by atomic mass is 9.95. The zero-order chi connectivity index (χ0) is 24.4. The Hall–Kier alpha value is -2.35. The predicted molar refractivity (Wildman–Crippen MR) is 129 cm³/mol. The molecule has 1 aromatic heterocycles. The first kappa shape index (κ1) is 24.8. The number of rotatable bonds is 6. The van der Waals surface area contributed by atoms with Crippen LogP contribution in [0.1, 0.15) is 52.5 Å². The first-order valence-corrected chi connectivity index (χ1v) is 12.2. The molecule has 0 unspecified atom stereocenters. The van der Waals surface area contributed by atoms with E-state index < -0.39 is 0 Å². The molecule has 0 saturated carbocycles. The van der Waals surface area contributed by atoms with E-state index in [9.17, 15) is 14.0 Å². The maximum Gasteiger partial charge on any atom is 0.252 e. The van der Waals surface area contributed by atoms with Crippen molar-refractivity contribution in [2.24, 2.45) is 0 Å². The summed E-state index contributed by atoms with van der Waals surface area (Å²) >= 11 is 6.12. The number of carbonyl (C=O) groups is 2. The van der Waals surface area contributed by atoms with Gasteiger partial charge in [0.2, 0.25) is 0 Å². The molecule has 1 amide bonds. The highest BCUT2D eigenvalue weighted by molar-refractivity contribution is 6.31. The van der Waals surface area contributed by atoms with E-state index in [2.05, 4.69) is 9.88 Å². The van der Waals surface area contributed by atoms with Crippen molar-refractivity contribution in [1.82, 2.24) is 14.8 Å². The van der Waals surface area contributed by atoms with Crippen molar-refractivity contribution in [2.75, 3.05) is 26.2 Å². The summed E-state index contributed by atoms with van der Waals surface area (Å²) in [7, 11) is 0. The number of aromatic nitrogens is 1. The fourth-order valence-electron chi connectivity index (χ4n) is 4.78. The molecule has 0 bridgehead atoms. The Bertz CT molecular complexity index is 1090. The number of pyridine rings is 1. The van der Waals surface area contributed by atoms with Gasteiger partial charge in [0.25, 0.3) is 5.91 Å². The van der Waals surface area contributed by atoms with E-state index in [-0.39, 0.29) is 36.1 Å². The second-order valence-corrected chi connectivity index (χ2v) is 9.76. The zero-order valence-electron chi connectivity index (χ0n) is 19.9. The molecule has 2 aliphatic heterocycles. The highest BCUT2D eigenvalue weighted by Gasteiger charge is 2.34. The van der Waals surface area contributed by atoms with Crippen molar-refractivity contribution in [3.63, 3.8) is 0 Å². The second kappa shape index (κ2) is 10.5. The summed E-state index contributed by atoms with van der Waals surface area (Å²) in [6.07, 6.45) is 3.01. The van der Waals surface area contributed by atoms with Gasteiger partial charge in [0.15, 0.2) is 5.78 Å². The molecule has 182 valence electrons. The maximum atomic E-state index is 14.5. The average molecular weight is 488 g/mol. The van der Waals surface area contributed by atoms with Crippen molar-refractivity contribution in [2.45, 2.75) is 58.7 Å². The van der Waals surface area contributed by atoms with E-state index in [0.717, 1.165) is 24.0 Å². The number of piperazine rings is 1. The van der Waals surface area contributed by atoms with Crippen molar-refractivity contribution < 1.29 is 18.7 Å². The normalized spacial score (nSPS) is 21.1. The summed E-state index contributed by atoms with van der Waals surface area (Å²) < 4.78 is 20.1. The molecule has 2 fully saturated rings. The summed E-state index contributed by atoms with van der Waals surface area (Å²) in [5.41, 5.74) is 3.51. The Balaban J connectivity index is 1.43. The third-order valence-electron chi connectivity index (χ3n) is 6.88. The number of hydrogen-bond acceptors (Lipinski definition) is 5. The molecule has 0 radical (unpaired) electrons. The minimum absolute atomic E-state index is 0.0548. The molecule has 1 aromatic carbocycles. The van der Waals surface area contributed by atoms with Crippen LogP contribution < -0.4 is 0 Å². The van der Waals surface area contributed by atoms with Crippen LogP contribution in [0.4, 0.5) is 4.39 Å². The molecule has 2 atom stereocenters. The fourth-order valence-corrected chi connectivity index (χ4v) is 4.95. The Morgan fingerprint density at radius 3 is 2.65 bits per heavy atom. The van der Waals surface area contributed by atoms with E-state index in [0.29, 0.717) is 54.6 Å². The van der Waals surface area contributed by atoms with Gasteiger partial charge in [-0.25, -0.2) is 4.39 Å². The van der Waals surface area contributed by atoms with Gasteiger partial charge in [-0.2, -0.15) is 0 Å². The maximum absolute atomic E-state index is 14.5. The molecule has 4 rings (SSSR count). The van der Waals surface area contributed by atoms with Crippen LogP contribution in [-0.4, -0.2) is 64.9 Å². The Morgan fingerprint density at radius 1 is 1.21 bits per heavy atom. The smallest absolute Gasteiger partial charge is 0.252 e. The minimum atomic E-state index is -0.358. The van der Waals surface area contributed by atoms with Gasteiger partial charge in [0, 0.05) is 57.0 Å². The molecule has 0 spiro atoms. The third-order valence-corrected chi connectivity index (χ3v) is 7.26. The van der Waals surface area contributed by atoms with Gasteiger partial charge in [0.05, 0.1) is 10.7 Å². The number of ether oxygens (including phenoxy) is 1. The molecular weight excluding hydrogens is 457 g/mol. The fraction of sp³-hybridized carbons (Fsp3) is 0.500. The van der Waals surface area contributed by atoms with Gasteiger partial charge in [0.1, 0.15) is 11.9 Å². The van der Waals surface area contributed by atoms with E-state index >= 15 is 0 Å². The topological polar surface area (TPSA) is 62.7 Å². The second-order valence-electron chi connectivity index (χ2n) is 9.36. The monoisotopic (exact) mass is 487 g/mol. The first-order chi connectivity index (χ1) is 16.2. The van der Waals surface area contributed by atoms with Gasteiger partial charge in [-0.1, -0.05) is 11.6 Å². The minimum Gasteiger partial charge on any atom is -0.368 e. The molecule has 6 nitrogen and oxygen atoms in total. The molecule has 3 heterocycles. The predicted octanol–water partition coefficient (Wildman–Crippen LogP) is 4.13. The number of halogens is 2. The van der Waals surface area contributed by atoms with Crippen LogP contribution in [0, 0.1) is 19.7 Å².